The first-order valence-electron chi connectivity index (χ1n) is 10.7. The monoisotopic (exact) mass is 411 g/mol. The SMILES string of the molecule is COc1ccc(CCN(Cc2ccccc2)C(=O)CC(C)CC(C)(C)C)cc1OC. The Labute approximate surface area is 182 Å². The van der Waals surface area contributed by atoms with Gasteiger partial charge in [-0.15, -0.1) is 0 Å². The third-order valence-electron chi connectivity index (χ3n) is 5.17. The lowest BCUT2D eigenvalue weighted by Gasteiger charge is -2.27. The van der Waals surface area contributed by atoms with E-state index in [0.29, 0.717) is 25.4 Å². The maximum Gasteiger partial charge on any atom is 0.223 e. The zero-order valence-electron chi connectivity index (χ0n) is 19.4. The first kappa shape index (κ1) is 23.8. The van der Waals surface area contributed by atoms with Crippen molar-refractivity contribution in [2.24, 2.45) is 11.3 Å². The minimum atomic E-state index is 0.219. The van der Waals surface area contributed by atoms with Gasteiger partial charge in [0.1, 0.15) is 0 Å². The Bertz CT molecular complexity index is 796. The Balaban J connectivity index is 2.10. The van der Waals surface area contributed by atoms with Crippen LogP contribution in [0.1, 0.15) is 51.7 Å². The van der Waals surface area contributed by atoms with Crippen molar-refractivity contribution in [1.29, 1.82) is 0 Å². The number of benzene rings is 2. The van der Waals surface area contributed by atoms with Crippen molar-refractivity contribution in [2.45, 2.75) is 53.5 Å². The van der Waals surface area contributed by atoms with Crippen molar-refractivity contribution < 1.29 is 14.3 Å². The lowest BCUT2D eigenvalue weighted by Crippen LogP contribution is -2.34. The predicted molar refractivity (Wildman–Crippen MR) is 123 cm³/mol. The first-order chi connectivity index (χ1) is 14.2. The van der Waals surface area contributed by atoms with Crippen LogP contribution in [0.2, 0.25) is 0 Å². The summed E-state index contributed by atoms with van der Waals surface area (Å²) in [7, 11) is 3.28. The van der Waals surface area contributed by atoms with Gasteiger partial charge in [-0.3, -0.25) is 4.79 Å². The molecule has 1 atom stereocenters. The third-order valence-corrected chi connectivity index (χ3v) is 5.17. The largest absolute Gasteiger partial charge is 0.493 e. The quantitative estimate of drug-likeness (QED) is 0.500. The molecule has 4 heteroatoms. The topological polar surface area (TPSA) is 38.8 Å². The van der Waals surface area contributed by atoms with Crippen LogP contribution in [0.3, 0.4) is 0 Å². The third kappa shape index (κ3) is 7.74. The van der Waals surface area contributed by atoms with Gasteiger partial charge in [-0.1, -0.05) is 64.1 Å². The van der Waals surface area contributed by atoms with Crippen molar-refractivity contribution in [3.8, 4) is 11.5 Å². The molecule has 0 saturated heterocycles. The molecule has 0 N–H and O–H groups in total. The van der Waals surface area contributed by atoms with Crippen LogP contribution in [0.15, 0.2) is 48.5 Å². The summed E-state index contributed by atoms with van der Waals surface area (Å²) >= 11 is 0. The normalized spacial score (nSPS) is 12.3. The van der Waals surface area contributed by atoms with E-state index in [1.165, 1.54) is 0 Å². The van der Waals surface area contributed by atoms with Crippen LogP contribution in [-0.2, 0) is 17.8 Å². The van der Waals surface area contributed by atoms with Gasteiger partial charge in [0.25, 0.3) is 0 Å². The van der Waals surface area contributed by atoms with Gasteiger partial charge in [-0.05, 0) is 47.4 Å². The maximum atomic E-state index is 13.2. The van der Waals surface area contributed by atoms with Gasteiger partial charge in [0.15, 0.2) is 11.5 Å². The van der Waals surface area contributed by atoms with E-state index in [1.807, 2.05) is 41.3 Å². The van der Waals surface area contributed by atoms with Crippen molar-refractivity contribution in [1.82, 2.24) is 4.90 Å². The molecular formula is C26H37NO3. The Kier molecular flexibility index (Phi) is 8.76. The van der Waals surface area contributed by atoms with Crippen LogP contribution in [0, 0.1) is 11.3 Å². The van der Waals surface area contributed by atoms with Crippen LogP contribution in [0.5, 0.6) is 11.5 Å². The molecule has 30 heavy (non-hydrogen) atoms. The maximum absolute atomic E-state index is 13.2. The number of hydrogen-bond acceptors (Lipinski definition) is 3. The fraction of sp³-hybridized carbons (Fsp3) is 0.500. The summed E-state index contributed by atoms with van der Waals surface area (Å²) < 4.78 is 10.7. The summed E-state index contributed by atoms with van der Waals surface area (Å²) in [5, 5.41) is 0. The minimum Gasteiger partial charge on any atom is -0.493 e. The molecule has 0 aliphatic rings. The first-order valence-corrected chi connectivity index (χ1v) is 10.7. The second-order valence-electron chi connectivity index (χ2n) is 9.31. The standard InChI is InChI=1S/C26H37NO3/c1-20(18-26(2,3)4)16-25(28)27(19-22-10-8-7-9-11-22)15-14-21-12-13-23(29-5)24(17-21)30-6/h7-13,17,20H,14-16,18-19H2,1-6H3. The summed E-state index contributed by atoms with van der Waals surface area (Å²) in [6, 6.07) is 16.2. The van der Waals surface area contributed by atoms with Gasteiger partial charge in [-0.25, -0.2) is 0 Å². The van der Waals surface area contributed by atoms with Crippen molar-refractivity contribution >= 4 is 5.91 Å². The van der Waals surface area contributed by atoms with Crippen LogP contribution < -0.4 is 9.47 Å². The molecule has 0 radical (unpaired) electrons. The van der Waals surface area contributed by atoms with E-state index in [9.17, 15) is 4.79 Å². The van der Waals surface area contributed by atoms with Gasteiger partial charge in [0.2, 0.25) is 5.91 Å². The highest BCUT2D eigenvalue weighted by molar-refractivity contribution is 5.76. The number of methoxy groups -OCH3 is 2. The molecule has 2 aromatic rings. The van der Waals surface area contributed by atoms with Gasteiger partial charge in [-0.2, -0.15) is 0 Å². The van der Waals surface area contributed by atoms with Gasteiger partial charge >= 0.3 is 0 Å². The van der Waals surface area contributed by atoms with E-state index >= 15 is 0 Å². The molecule has 4 nitrogen and oxygen atoms in total. The number of amides is 1. The minimum absolute atomic E-state index is 0.219. The Morgan fingerprint density at radius 1 is 0.967 bits per heavy atom. The van der Waals surface area contributed by atoms with Crippen LogP contribution >= 0.6 is 0 Å². The smallest absolute Gasteiger partial charge is 0.223 e. The Morgan fingerprint density at radius 2 is 1.63 bits per heavy atom. The number of rotatable bonds is 10. The zero-order valence-corrected chi connectivity index (χ0v) is 19.4. The summed E-state index contributed by atoms with van der Waals surface area (Å²) in [6.45, 7) is 10.2. The molecule has 0 aliphatic heterocycles. The Morgan fingerprint density at radius 3 is 2.23 bits per heavy atom. The predicted octanol–water partition coefficient (Wildman–Crippen LogP) is 5.74. The molecule has 0 fully saturated rings. The fourth-order valence-electron chi connectivity index (χ4n) is 3.94. The number of ether oxygens (including phenoxy) is 2. The molecular weight excluding hydrogens is 374 g/mol. The molecule has 1 unspecified atom stereocenters. The van der Waals surface area contributed by atoms with E-state index in [-0.39, 0.29) is 11.3 Å². The molecule has 1 amide bonds. The highest BCUT2D eigenvalue weighted by Crippen LogP contribution is 2.28. The van der Waals surface area contributed by atoms with E-state index in [1.54, 1.807) is 14.2 Å². The van der Waals surface area contributed by atoms with Crippen LogP contribution in [-0.4, -0.2) is 31.6 Å². The molecule has 2 aromatic carbocycles. The van der Waals surface area contributed by atoms with E-state index in [4.69, 9.17) is 9.47 Å². The van der Waals surface area contributed by atoms with E-state index in [2.05, 4.69) is 39.8 Å². The second-order valence-corrected chi connectivity index (χ2v) is 9.31. The highest BCUT2D eigenvalue weighted by Gasteiger charge is 2.21. The second kappa shape index (κ2) is 11.1. The summed E-state index contributed by atoms with van der Waals surface area (Å²) in [4.78, 5) is 15.2. The molecule has 0 aromatic heterocycles. The van der Waals surface area contributed by atoms with E-state index in [0.717, 1.165) is 35.5 Å². The molecule has 164 valence electrons. The number of carbonyl (C=O) groups excluding carboxylic acids is 1. The number of nitrogens with zero attached hydrogens (tertiary/aromatic N) is 1. The van der Waals surface area contributed by atoms with Crippen LogP contribution in [0.25, 0.3) is 0 Å². The molecule has 0 spiro atoms. The molecule has 0 aliphatic carbocycles. The van der Waals surface area contributed by atoms with Crippen molar-refractivity contribution in [3.05, 3.63) is 59.7 Å². The molecule has 0 heterocycles. The van der Waals surface area contributed by atoms with Gasteiger partial charge < -0.3 is 14.4 Å². The highest BCUT2D eigenvalue weighted by atomic mass is 16.5. The summed E-state index contributed by atoms with van der Waals surface area (Å²) in [6.07, 6.45) is 2.39. The Hall–Kier alpha value is -2.49. The van der Waals surface area contributed by atoms with E-state index < -0.39 is 0 Å². The van der Waals surface area contributed by atoms with Gasteiger partial charge in [0, 0.05) is 19.5 Å². The fourth-order valence-corrected chi connectivity index (χ4v) is 3.94. The molecule has 2 rings (SSSR count). The average Bonchev–Trinajstić information content (AvgIpc) is 2.70. The summed E-state index contributed by atoms with van der Waals surface area (Å²) in [5.74, 6) is 2.01. The lowest BCUT2D eigenvalue weighted by molar-refractivity contribution is -0.132. The van der Waals surface area contributed by atoms with Crippen molar-refractivity contribution in [3.63, 3.8) is 0 Å². The molecule has 0 saturated carbocycles. The average molecular weight is 412 g/mol. The number of carbonyl (C=O) groups is 1. The lowest BCUT2D eigenvalue weighted by atomic mass is 9.84. The zero-order chi connectivity index (χ0) is 22.1. The summed E-state index contributed by atoms with van der Waals surface area (Å²) in [5.41, 5.74) is 2.51. The number of hydrogen-bond donors (Lipinski definition) is 0. The van der Waals surface area contributed by atoms with Gasteiger partial charge in [0.05, 0.1) is 14.2 Å². The molecule has 0 bridgehead atoms. The van der Waals surface area contributed by atoms with Crippen molar-refractivity contribution in [2.75, 3.05) is 20.8 Å². The van der Waals surface area contributed by atoms with Crippen LogP contribution in [0.4, 0.5) is 0 Å².